The van der Waals surface area contributed by atoms with Gasteiger partial charge in [-0.2, -0.15) is 13.2 Å². The van der Waals surface area contributed by atoms with Crippen LogP contribution in [-0.2, 0) is 6.42 Å². The van der Waals surface area contributed by atoms with Gasteiger partial charge in [0.15, 0.2) is 5.96 Å². The molecule has 0 aliphatic carbocycles. The summed E-state index contributed by atoms with van der Waals surface area (Å²) in [5.74, 6) is 0.643. The Morgan fingerprint density at radius 1 is 1.21 bits per heavy atom. The predicted molar refractivity (Wildman–Crippen MR) is 105 cm³/mol. The zero-order valence-electron chi connectivity index (χ0n) is 14.3. The number of aromatic nitrogens is 1. The molecule has 0 aromatic carbocycles. The second-order valence-electron chi connectivity index (χ2n) is 5.26. The Kier molecular flexibility index (Phi) is 11.6. The number of nitrogens with one attached hydrogen (secondary N) is 2. The van der Waals surface area contributed by atoms with Gasteiger partial charge in [0.25, 0.3) is 0 Å². The molecule has 0 unspecified atom stereocenters. The SMILES string of the molecule is CCNC(=NCCCCC(F)(F)F)NCCc1nc(C)c(C)s1.I. The maximum atomic E-state index is 12.1. The summed E-state index contributed by atoms with van der Waals surface area (Å²) in [6.07, 6.45) is -3.46. The molecule has 2 N–H and O–H groups in total. The van der Waals surface area contributed by atoms with Gasteiger partial charge in [0.2, 0.25) is 0 Å². The average molecular weight is 478 g/mol. The third-order valence-electron chi connectivity index (χ3n) is 3.19. The molecule has 0 radical (unpaired) electrons. The Balaban J connectivity index is 0.00000529. The van der Waals surface area contributed by atoms with Gasteiger partial charge >= 0.3 is 6.18 Å². The highest BCUT2D eigenvalue weighted by atomic mass is 127. The van der Waals surface area contributed by atoms with Crippen molar-refractivity contribution in [3.05, 3.63) is 15.6 Å². The number of unbranched alkanes of at least 4 members (excludes halogenated alkanes) is 1. The molecule has 140 valence electrons. The maximum Gasteiger partial charge on any atom is 0.389 e. The molecule has 0 atom stereocenters. The Morgan fingerprint density at radius 2 is 1.92 bits per heavy atom. The van der Waals surface area contributed by atoms with Gasteiger partial charge < -0.3 is 10.6 Å². The van der Waals surface area contributed by atoms with Gasteiger partial charge in [0.05, 0.1) is 10.7 Å². The van der Waals surface area contributed by atoms with Gasteiger partial charge in [0, 0.05) is 37.4 Å². The zero-order valence-corrected chi connectivity index (χ0v) is 17.4. The number of hydrogen-bond acceptors (Lipinski definition) is 3. The molecule has 1 rings (SSSR count). The number of aliphatic imine (C=N–C) groups is 1. The van der Waals surface area contributed by atoms with E-state index in [0.29, 0.717) is 32.0 Å². The summed E-state index contributed by atoms with van der Waals surface area (Å²) in [6, 6.07) is 0. The van der Waals surface area contributed by atoms with Crippen LogP contribution in [0, 0.1) is 13.8 Å². The molecule has 24 heavy (non-hydrogen) atoms. The van der Waals surface area contributed by atoms with Crippen molar-refractivity contribution in [2.24, 2.45) is 4.99 Å². The van der Waals surface area contributed by atoms with Crippen LogP contribution >= 0.6 is 35.3 Å². The highest BCUT2D eigenvalue weighted by Crippen LogP contribution is 2.22. The summed E-state index contributed by atoms with van der Waals surface area (Å²) in [7, 11) is 0. The lowest BCUT2D eigenvalue weighted by atomic mass is 10.2. The summed E-state index contributed by atoms with van der Waals surface area (Å²) in [5.41, 5.74) is 1.07. The van der Waals surface area contributed by atoms with Gasteiger partial charge in [-0.05, 0) is 33.6 Å². The highest BCUT2D eigenvalue weighted by Gasteiger charge is 2.25. The molecule has 0 aliphatic rings. The molecule has 1 aromatic heterocycles. The minimum atomic E-state index is -4.07. The van der Waals surface area contributed by atoms with Crippen LogP contribution in [0.2, 0.25) is 0 Å². The van der Waals surface area contributed by atoms with Crippen LogP contribution in [0.1, 0.15) is 41.8 Å². The fraction of sp³-hybridized carbons (Fsp3) is 0.733. The zero-order chi connectivity index (χ0) is 17.3. The van der Waals surface area contributed by atoms with Crippen LogP contribution in [0.5, 0.6) is 0 Å². The Morgan fingerprint density at radius 3 is 2.46 bits per heavy atom. The molecule has 0 bridgehead atoms. The number of halogens is 4. The first-order valence-electron chi connectivity index (χ1n) is 7.83. The van der Waals surface area contributed by atoms with Gasteiger partial charge in [-0.25, -0.2) is 4.98 Å². The molecule has 1 aromatic rings. The van der Waals surface area contributed by atoms with Crippen LogP contribution in [-0.4, -0.2) is 36.8 Å². The molecule has 0 aliphatic heterocycles. The van der Waals surface area contributed by atoms with Crippen molar-refractivity contribution in [2.45, 2.75) is 52.6 Å². The van der Waals surface area contributed by atoms with Gasteiger partial charge in [-0.15, -0.1) is 35.3 Å². The molecule has 0 saturated heterocycles. The molecule has 0 spiro atoms. The van der Waals surface area contributed by atoms with E-state index < -0.39 is 12.6 Å². The minimum Gasteiger partial charge on any atom is -0.357 e. The van der Waals surface area contributed by atoms with Crippen molar-refractivity contribution < 1.29 is 13.2 Å². The molecular formula is C15H26F3IN4S. The van der Waals surface area contributed by atoms with Crippen molar-refractivity contribution in [1.82, 2.24) is 15.6 Å². The van der Waals surface area contributed by atoms with Crippen molar-refractivity contribution in [1.29, 1.82) is 0 Å². The number of nitrogens with zero attached hydrogens (tertiary/aromatic N) is 2. The quantitative estimate of drug-likeness (QED) is 0.255. The van der Waals surface area contributed by atoms with E-state index in [1.54, 1.807) is 11.3 Å². The summed E-state index contributed by atoms with van der Waals surface area (Å²) < 4.78 is 36.2. The highest BCUT2D eigenvalue weighted by molar-refractivity contribution is 14.0. The van der Waals surface area contributed by atoms with Crippen molar-refractivity contribution in [3.63, 3.8) is 0 Å². The van der Waals surface area contributed by atoms with Gasteiger partial charge in [0.1, 0.15) is 0 Å². The average Bonchev–Trinajstić information content (AvgIpc) is 2.76. The summed E-state index contributed by atoms with van der Waals surface area (Å²) >= 11 is 1.69. The van der Waals surface area contributed by atoms with Crippen molar-refractivity contribution in [3.8, 4) is 0 Å². The fourth-order valence-electron chi connectivity index (χ4n) is 1.90. The van der Waals surface area contributed by atoms with Gasteiger partial charge in [-0.1, -0.05) is 0 Å². The molecule has 0 saturated carbocycles. The van der Waals surface area contributed by atoms with E-state index in [9.17, 15) is 13.2 Å². The standard InChI is InChI=1S/C15H25F3N4S.HI/c1-4-19-14(20-9-6-5-8-15(16,17)18)21-10-7-13-22-11(2)12(3)23-13;/h4-10H2,1-3H3,(H2,19,20,21);1H. The van der Waals surface area contributed by atoms with E-state index in [0.717, 1.165) is 17.1 Å². The Bertz CT molecular complexity index is 484. The van der Waals surface area contributed by atoms with Crippen molar-refractivity contribution >= 4 is 41.3 Å². The fourth-order valence-corrected chi connectivity index (χ4v) is 2.84. The van der Waals surface area contributed by atoms with Crippen LogP contribution in [0.4, 0.5) is 13.2 Å². The number of rotatable bonds is 8. The number of hydrogen-bond donors (Lipinski definition) is 2. The Labute approximate surface area is 162 Å². The third kappa shape index (κ3) is 10.3. The van der Waals surface area contributed by atoms with E-state index in [4.69, 9.17) is 0 Å². The van der Waals surface area contributed by atoms with Crippen LogP contribution in [0.25, 0.3) is 0 Å². The van der Waals surface area contributed by atoms with E-state index in [1.807, 2.05) is 13.8 Å². The topological polar surface area (TPSA) is 49.3 Å². The number of aryl methyl sites for hydroxylation is 2. The smallest absolute Gasteiger partial charge is 0.357 e. The largest absolute Gasteiger partial charge is 0.389 e. The molecule has 9 heteroatoms. The van der Waals surface area contributed by atoms with Crippen LogP contribution in [0.15, 0.2) is 4.99 Å². The summed E-state index contributed by atoms with van der Waals surface area (Å²) in [6.45, 7) is 7.80. The third-order valence-corrected chi connectivity index (χ3v) is 4.32. The van der Waals surface area contributed by atoms with E-state index in [-0.39, 0.29) is 30.4 Å². The van der Waals surface area contributed by atoms with Gasteiger partial charge in [-0.3, -0.25) is 4.99 Å². The van der Waals surface area contributed by atoms with Crippen molar-refractivity contribution in [2.75, 3.05) is 19.6 Å². The summed E-state index contributed by atoms with van der Waals surface area (Å²) in [4.78, 5) is 10.00. The number of guanidine groups is 1. The lowest BCUT2D eigenvalue weighted by molar-refractivity contribution is -0.135. The molecule has 4 nitrogen and oxygen atoms in total. The minimum absolute atomic E-state index is 0. The van der Waals surface area contributed by atoms with Crippen LogP contribution < -0.4 is 10.6 Å². The normalized spacial score (nSPS) is 12.0. The second-order valence-corrected chi connectivity index (χ2v) is 6.55. The second kappa shape index (κ2) is 11.9. The molecule has 0 amide bonds. The predicted octanol–water partition coefficient (Wildman–Crippen LogP) is 4.21. The number of alkyl halides is 3. The lowest BCUT2D eigenvalue weighted by Crippen LogP contribution is -2.38. The van der Waals surface area contributed by atoms with Crippen LogP contribution in [0.3, 0.4) is 0 Å². The van der Waals surface area contributed by atoms with E-state index >= 15 is 0 Å². The number of thiazole rings is 1. The molecule has 1 heterocycles. The van der Waals surface area contributed by atoms with E-state index in [2.05, 4.69) is 27.5 Å². The first-order valence-corrected chi connectivity index (χ1v) is 8.65. The lowest BCUT2D eigenvalue weighted by Gasteiger charge is -2.10. The van der Waals surface area contributed by atoms with E-state index in [1.165, 1.54) is 4.88 Å². The first kappa shape index (κ1) is 23.4. The first-order chi connectivity index (χ1) is 10.8. The maximum absolute atomic E-state index is 12.1. The molecule has 0 fully saturated rings. The Hall–Kier alpha value is -0.580. The molecular weight excluding hydrogens is 452 g/mol. The summed E-state index contributed by atoms with van der Waals surface area (Å²) in [5, 5.41) is 7.36. The monoisotopic (exact) mass is 478 g/mol.